The van der Waals surface area contributed by atoms with E-state index < -0.39 is 16.1 Å². The largest absolute Gasteiger partial charge is 4.00 e. The first kappa shape index (κ1) is 28.9. The van der Waals surface area contributed by atoms with Gasteiger partial charge in [-0.15, -0.1) is 23.3 Å². The summed E-state index contributed by atoms with van der Waals surface area (Å²) < 4.78 is 0. The first-order chi connectivity index (χ1) is 14.7. The zero-order valence-electron chi connectivity index (χ0n) is 19.8. The minimum atomic E-state index is -0.977. The molecule has 0 N–H and O–H groups in total. The van der Waals surface area contributed by atoms with Gasteiger partial charge in [-0.1, -0.05) is 110 Å². The zero-order chi connectivity index (χ0) is 20.6. The summed E-state index contributed by atoms with van der Waals surface area (Å²) in [5, 5.41) is 0. The summed E-state index contributed by atoms with van der Waals surface area (Å²) in [5.74, 6) is 0. The van der Waals surface area contributed by atoms with Crippen molar-refractivity contribution < 1.29 is 46.5 Å². The Morgan fingerprint density at radius 1 is 0.667 bits per heavy atom. The summed E-state index contributed by atoms with van der Waals surface area (Å²) in [6, 6.07) is 26.8. The maximum atomic E-state index is 3.65. The molecule has 2 heterocycles. The SMILES string of the molecule is CC[Si]1(C2[C-]=Cc3ccccc32)CCC1.CC[Si]1(C2[C-]=Cc3ccccc32)CCC1.[Cl-].[Cl-].[Ti+4]. The van der Waals surface area contributed by atoms with E-state index in [1.807, 2.05) is 0 Å². The smallest absolute Gasteiger partial charge is 1.00 e. The van der Waals surface area contributed by atoms with Crippen molar-refractivity contribution in [1.29, 1.82) is 0 Å². The number of hydrogen-bond donors (Lipinski definition) is 0. The average Bonchev–Trinajstić information content (AvgIpc) is 3.34. The summed E-state index contributed by atoms with van der Waals surface area (Å²) in [6.07, 6.45) is 14.7. The fraction of sp³-hybridized carbons (Fsp3) is 0.429. The van der Waals surface area contributed by atoms with Gasteiger partial charge < -0.3 is 24.8 Å². The van der Waals surface area contributed by atoms with E-state index in [2.05, 4.69) is 86.7 Å². The van der Waals surface area contributed by atoms with Crippen LogP contribution in [-0.2, 0) is 21.7 Å². The standard InChI is InChI=1S/2C14H17Si.2ClH.Ti/c2*1-2-15(10-5-11-15)14-9-8-12-6-3-4-7-13(12)14;;;/h2*3-4,6-8,14H,2,5,10-11H2,1H3;2*1H;/q2*-1;;;+4/p-2. The Morgan fingerprint density at radius 3 is 1.33 bits per heavy atom. The van der Waals surface area contributed by atoms with E-state index >= 15 is 0 Å². The van der Waals surface area contributed by atoms with Crippen molar-refractivity contribution in [2.24, 2.45) is 0 Å². The van der Waals surface area contributed by atoms with Gasteiger partial charge in [-0.25, -0.2) is 12.2 Å². The molecule has 2 aliphatic carbocycles. The van der Waals surface area contributed by atoms with Crippen LogP contribution in [0, 0.1) is 12.2 Å². The molecule has 0 nitrogen and oxygen atoms in total. The van der Waals surface area contributed by atoms with Gasteiger partial charge in [0.05, 0.1) is 0 Å². The van der Waals surface area contributed by atoms with Crippen molar-refractivity contribution in [3.05, 3.63) is 82.9 Å². The Kier molecular flexibility index (Phi) is 10.6. The molecule has 6 rings (SSSR count). The quantitative estimate of drug-likeness (QED) is 0.408. The Hall–Kier alpha value is -0.352. The predicted octanol–water partition coefficient (Wildman–Crippen LogP) is 2.03. The van der Waals surface area contributed by atoms with Crippen LogP contribution in [0.2, 0.25) is 36.3 Å². The molecule has 0 bridgehead atoms. The summed E-state index contributed by atoms with van der Waals surface area (Å²) in [6.45, 7) is 4.79. The minimum Gasteiger partial charge on any atom is -1.00 e. The van der Waals surface area contributed by atoms with Crippen LogP contribution in [-0.4, -0.2) is 16.1 Å². The summed E-state index contributed by atoms with van der Waals surface area (Å²) in [4.78, 5) is 0. The van der Waals surface area contributed by atoms with Crippen LogP contribution >= 0.6 is 0 Å². The van der Waals surface area contributed by atoms with Gasteiger partial charge in [-0.3, -0.25) is 12.2 Å². The Labute approximate surface area is 230 Å². The molecule has 0 aromatic heterocycles. The number of hydrogen-bond acceptors (Lipinski definition) is 0. The molecule has 0 amide bonds. The van der Waals surface area contributed by atoms with E-state index in [0.29, 0.717) is 11.1 Å². The van der Waals surface area contributed by atoms with Crippen LogP contribution in [0.15, 0.2) is 48.5 Å². The summed E-state index contributed by atoms with van der Waals surface area (Å²) in [5.41, 5.74) is 7.43. The second-order valence-electron chi connectivity index (χ2n) is 9.88. The van der Waals surface area contributed by atoms with Crippen molar-refractivity contribution in [3.63, 3.8) is 0 Å². The van der Waals surface area contributed by atoms with Crippen molar-refractivity contribution >= 4 is 28.3 Å². The molecule has 2 fully saturated rings. The second kappa shape index (κ2) is 12.1. The van der Waals surface area contributed by atoms with E-state index in [9.17, 15) is 0 Å². The molecule has 2 saturated heterocycles. The van der Waals surface area contributed by atoms with Crippen LogP contribution < -0.4 is 24.8 Å². The molecule has 2 unspecified atom stereocenters. The van der Waals surface area contributed by atoms with E-state index in [-0.39, 0.29) is 46.5 Å². The Balaban J connectivity index is 0.000000214. The molecular weight excluding hydrogens is 511 g/mol. The van der Waals surface area contributed by atoms with Crippen LogP contribution in [0.4, 0.5) is 0 Å². The van der Waals surface area contributed by atoms with E-state index in [4.69, 9.17) is 0 Å². The van der Waals surface area contributed by atoms with Gasteiger partial charge in [0.2, 0.25) is 0 Å². The molecule has 0 saturated carbocycles. The zero-order valence-corrected chi connectivity index (χ0v) is 24.9. The van der Waals surface area contributed by atoms with Gasteiger partial charge >= 0.3 is 21.7 Å². The number of halogens is 2. The van der Waals surface area contributed by atoms with Crippen LogP contribution in [0.1, 0.15) is 60.0 Å². The molecule has 0 spiro atoms. The van der Waals surface area contributed by atoms with E-state index in [1.54, 1.807) is 11.1 Å². The first-order valence-electron chi connectivity index (χ1n) is 12.1. The Bertz CT molecular complexity index is 889. The molecule has 172 valence electrons. The maximum Gasteiger partial charge on any atom is 4.00 e. The van der Waals surface area contributed by atoms with Gasteiger partial charge in [-0.2, -0.15) is 11.1 Å². The van der Waals surface area contributed by atoms with Gasteiger partial charge in [0.1, 0.15) is 0 Å². The molecule has 2 aromatic rings. The normalized spacial score (nSPS) is 23.7. The van der Waals surface area contributed by atoms with Gasteiger partial charge in [0.15, 0.2) is 0 Å². The van der Waals surface area contributed by atoms with Crippen molar-refractivity contribution in [3.8, 4) is 0 Å². The van der Waals surface area contributed by atoms with E-state index in [1.165, 1.54) is 60.2 Å². The van der Waals surface area contributed by atoms with Gasteiger partial charge in [0.25, 0.3) is 0 Å². The molecule has 2 aliphatic heterocycles. The Morgan fingerprint density at radius 2 is 1.03 bits per heavy atom. The molecule has 0 radical (unpaired) electrons. The summed E-state index contributed by atoms with van der Waals surface area (Å²) >= 11 is 0. The van der Waals surface area contributed by atoms with Crippen molar-refractivity contribution in [2.75, 3.05) is 0 Å². The van der Waals surface area contributed by atoms with Gasteiger partial charge in [0, 0.05) is 16.1 Å². The van der Waals surface area contributed by atoms with Crippen LogP contribution in [0.3, 0.4) is 0 Å². The van der Waals surface area contributed by atoms with E-state index in [0.717, 1.165) is 0 Å². The third-order valence-electron chi connectivity index (χ3n) is 8.76. The number of benzene rings is 2. The topological polar surface area (TPSA) is 0 Å². The van der Waals surface area contributed by atoms with Crippen molar-refractivity contribution in [1.82, 2.24) is 0 Å². The van der Waals surface area contributed by atoms with Crippen LogP contribution in [0.5, 0.6) is 0 Å². The van der Waals surface area contributed by atoms with Crippen LogP contribution in [0.25, 0.3) is 12.2 Å². The molecule has 5 heteroatoms. The summed E-state index contributed by atoms with van der Waals surface area (Å²) in [7, 11) is -1.95. The molecule has 2 atom stereocenters. The minimum absolute atomic E-state index is 0. The monoisotopic (exact) mass is 544 g/mol. The van der Waals surface area contributed by atoms with Crippen molar-refractivity contribution in [2.45, 2.75) is 74.0 Å². The molecule has 2 aromatic carbocycles. The fourth-order valence-corrected chi connectivity index (χ4v) is 14.9. The number of allylic oxidation sites excluding steroid dienone is 2. The van der Waals surface area contributed by atoms with Gasteiger partial charge in [-0.05, 0) is 0 Å². The molecular formula is C28H34Cl2Si2Ti. The molecule has 33 heavy (non-hydrogen) atoms. The fourth-order valence-electron chi connectivity index (χ4n) is 6.30. The first-order valence-corrected chi connectivity index (χ1v) is 17.5. The third-order valence-corrected chi connectivity index (χ3v) is 20.4. The predicted molar refractivity (Wildman–Crippen MR) is 135 cm³/mol. The average molecular weight is 546 g/mol. The maximum absolute atomic E-state index is 3.65. The number of rotatable bonds is 4. The second-order valence-corrected chi connectivity index (χ2v) is 19.9. The molecule has 4 aliphatic rings. The third kappa shape index (κ3) is 5.13. The number of fused-ring (bicyclic) bond motifs is 2.